The van der Waals surface area contributed by atoms with Gasteiger partial charge in [-0.25, -0.2) is 0 Å². The molecule has 0 fully saturated rings. The summed E-state index contributed by atoms with van der Waals surface area (Å²) >= 11 is 0. The highest BCUT2D eigenvalue weighted by molar-refractivity contribution is 6.11. The average Bonchev–Trinajstić information content (AvgIpc) is 4.17. The SMILES string of the molecule is c1ccc(C2(c3ccccc3)c3ccccc3-c3ccc(N(c4ccc(-c5cccc6ccccc56)cc4)c4cccc(-c5cccc(-c6ccc7c(c6)c6ccccc6n7-c6ccc7ccccc7c6)c5)c4)cc32)cc1. The molecule has 2 heteroatoms. The smallest absolute Gasteiger partial charge is 0.0714 e. The van der Waals surface area contributed by atoms with Crippen LogP contribution in [-0.4, -0.2) is 4.57 Å². The Morgan fingerprint density at radius 1 is 0.260 bits per heavy atom. The second-order valence-electron chi connectivity index (χ2n) is 20.4. The molecule has 0 atom stereocenters. The molecule has 0 bridgehead atoms. The van der Waals surface area contributed by atoms with Crippen LogP contribution in [0.25, 0.3) is 93.5 Å². The van der Waals surface area contributed by atoms with Crippen molar-refractivity contribution in [1.82, 2.24) is 4.57 Å². The summed E-state index contributed by atoms with van der Waals surface area (Å²) < 4.78 is 2.41. The van der Waals surface area contributed by atoms with Gasteiger partial charge in [-0.2, -0.15) is 0 Å². The Morgan fingerprint density at radius 3 is 1.60 bits per heavy atom. The second-order valence-corrected chi connectivity index (χ2v) is 20.4. The van der Waals surface area contributed by atoms with Crippen LogP contribution in [0.4, 0.5) is 17.1 Å². The fourth-order valence-electron chi connectivity index (χ4n) is 12.7. The van der Waals surface area contributed by atoms with E-state index in [1.54, 1.807) is 0 Å². The second kappa shape index (κ2) is 18.1. The molecular weight excluding hydrogens is 929 g/mol. The van der Waals surface area contributed by atoms with Crippen molar-refractivity contribution < 1.29 is 0 Å². The zero-order valence-electron chi connectivity index (χ0n) is 42.3. The number of rotatable bonds is 9. The summed E-state index contributed by atoms with van der Waals surface area (Å²) in [6.45, 7) is 0. The normalized spacial score (nSPS) is 12.5. The fraction of sp³-hybridized carbons (Fsp3) is 0.0133. The number of hydrogen-bond donors (Lipinski definition) is 0. The van der Waals surface area contributed by atoms with Gasteiger partial charge < -0.3 is 9.47 Å². The number of nitrogens with zero attached hydrogens (tertiary/aromatic N) is 2. The molecule has 15 rings (SSSR count). The van der Waals surface area contributed by atoms with Crippen molar-refractivity contribution in [3.05, 3.63) is 326 Å². The number of para-hydroxylation sites is 1. The van der Waals surface area contributed by atoms with Crippen LogP contribution in [0.5, 0.6) is 0 Å². The van der Waals surface area contributed by atoms with E-state index in [1.807, 2.05) is 0 Å². The van der Waals surface area contributed by atoms with Gasteiger partial charge in [0.1, 0.15) is 0 Å². The quantitative estimate of drug-likeness (QED) is 0.140. The van der Waals surface area contributed by atoms with Crippen LogP contribution in [-0.2, 0) is 5.41 Å². The molecule has 0 spiro atoms. The van der Waals surface area contributed by atoms with E-state index >= 15 is 0 Å². The topological polar surface area (TPSA) is 8.17 Å². The van der Waals surface area contributed by atoms with Gasteiger partial charge in [0.25, 0.3) is 0 Å². The molecule has 1 aliphatic rings. The molecule has 0 aliphatic heterocycles. The van der Waals surface area contributed by atoms with E-state index < -0.39 is 5.41 Å². The molecule has 1 aliphatic carbocycles. The van der Waals surface area contributed by atoms with Crippen LogP contribution in [0.2, 0.25) is 0 Å². The molecule has 0 radical (unpaired) electrons. The summed E-state index contributed by atoms with van der Waals surface area (Å²) in [5, 5.41) is 7.44. The van der Waals surface area contributed by atoms with E-state index in [2.05, 4.69) is 313 Å². The first-order chi connectivity index (χ1) is 38.2. The van der Waals surface area contributed by atoms with E-state index in [9.17, 15) is 0 Å². The molecule has 1 heterocycles. The number of hydrogen-bond acceptors (Lipinski definition) is 1. The predicted octanol–water partition coefficient (Wildman–Crippen LogP) is 19.9. The number of fused-ring (bicyclic) bond motifs is 8. The lowest BCUT2D eigenvalue weighted by Gasteiger charge is -2.35. The first kappa shape index (κ1) is 44.5. The molecule has 77 heavy (non-hydrogen) atoms. The van der Waals surface area contributed by atoms with Gasteiger partial charge in [0, 0.05) is 33.5 Å². The van der Waals surface area contributed by atoms with Crippen LogP contribution >= 0.6 is 0 Å². The number of aromatic nitrogens is 1. The Balaban J connectivity index is 0.868. The van der Waals surface area contributed by atoms with Crippen molar-refractivity contribution in [3.63, 3.8) is 0 Å². The van der Waals surface area contributed by atoms with E-state index in [1.165, 1.54) is 99.0 Å². The Labute approximate surface area is 448 Å². The maximum Gasteiger partial charge on any atom is 0.0714 e. The Morgan fingerprint density at radius 2 is 0.805 bits per heavy atom. The summed E-state index contributed by atoms with van der Waals surface area (Å²) in [5.74, 6) is 0. The zero-order chi connectivity index (χ0) is 50.9. The number of benzene rings is 13. The van der Waals surface area contributed by atoms with Crippen LogP contribution in [0, 0.1) is 0 Å². The standard InChI is InChI=1S/C75H50N2/c1-3-25-59(26-4-1)75(60-27-5-2-6-28-60)71-34-13-11-31-67(71)68-44-43-64(50-72(68)75)76(61-40-37-53(38-41-61)66-33-17-21-52-19-9-10-30-65(52)66)62-29-16-24-57(48-62)54-22-15-23-55(46-54)58-39-45-74-70(49-58)69-32-12-14-35-73(69)77(74)63-42-36-51-18-7-8-20-56(51)47-63/h1-50H. The molecule has 0 saturated carbocycles. The number of anilines is 3. The van der Waals surface area contributed by atoms with Crippen LogP contribution in [0.1, 0.15) is 22.3 Å². The molecule has 0 amide bonds. The van der Waals surface area contributed by atoms with E-state index in [0.717, 1.165) is 33.9 Å². The minimum Gasteiger partial charge on any atom is -0.310 e. The lowest BCUT2D eigenvalue weighted by molar-refractivity contribution is 0.768. The lowest BCUT2D eigenvalue weighted by atomic mass is 9.67. The van der Waals surface area contributed by atoms with Gasteiger partial charge >= 0.3 is 0 Å². The Hall–Kier alpha value is -10.0. The highest BCUT2D eigenvalue weighted by atomic mass is 15.1. The summed E-state index contributed by atoms with van der Waals surface area (Å²) in [7, 11) is 0. The maximum absolute atomic E-state index is 2.47. The van der Waals surface area contributed by atoms with Crippen molar-refractivity contribution in [1.29, 1.82) is 0 Å². The van der Waals surface area contributed by atoms with Crippen molar-refractivity contribution in [3.8, 4) is 50.2 Å². The first-order valence-corrected chi connectivity index (χ1v) is 26.6. The Bertz CT molecular complexity index is 4520. The maximum atomic E-state index is 2.47. The molecular formula is C75H50N2. The van der Waals surface area contributed by atoms with Crippen molar-refractivity contribution in [2.75, 3.05) is 4.90 Å². The van der Waals surface area contributed by atoms with Gasteiger partial charge in [-0.15, -0.1) is 0 Å². The van der Waals surface area contributed by atoms with E-state index in [-0.39, 0.29) is 0 Å². The zero-order valence-corrected chi connectivity index (χ0v) is 42.3. The van der Waals surface area contributed by atoms with Crippen LogP contribution in [0.15, 0.2) is 303 Å². The van der Waals surface area contributed by atoms with Gasteiger partial charge in [0.05, 0.1) is 16.4 Å². The summed E-state index contributed by atoms with van der Waals surface area (Å²) in [6.07, 6.45) is 0. The van der Waals surface area contributed by atoms with E-state index in [0.29, 0.717) is 0 Å². The molecule has 0 saturated heterocycles. The van der Waals surface area contributed by atoms with Crippen LogP contribution in [0.3, 0.4) is 0 Å². The van der Waals surface area contributed by atoms with Crippen LogP contribution < -0.4 is 4.90 Å². The monoisotopic (exact) mass is 978 g/mol. The largest absolute Gasteiger partial charge is 0.310 e. The minimum atomic E-state index is -0.537. The molecule has 0 unspecified atom stereocenters. The Kier molecular flexibility index (Phi) is 10.5. The van der Waals surface area contributed by atoms with Crippen molar-refractivity contribution >= 4 is 60.4 Å². The molecule has 0 N–H and O–H groups in total. The van der Waals surface area contributed by atoms with Gasteiger partial charge in [-0.05, 0) is 161 Å². The van der Waals surface area contributed by atoms with Crippen molar-refractivity contribution in [2.24, 2.45) is 0 Å². The first-order valence-electron chi connectivity index (χ1n) is 26.6. The molecule has 360 valence electrons. The molecule has 1 aromatic heterocycles. The highest BCUT2D eigenvalue weighted by Crippen LogP contribution is 2.57. The third kappa shape index (κ3) is 7.25. The highest BCUT2D eigenvalue weighted by Gasteiger charge is 2.46. The molecule has 14 aromatic rings. The van der Waals surface area contributed by atoms with Crippen molar-refractivity contribution in [2.45, 2.75) is 5.41 Å². The van der Waals surface area contributed by atoms with Gasteiger partial charge in [-0.1, -0.05) is 231 Å². The summed E-state index contributed by atoms with van der Waals surface area (Å²) in [6, 6.07) is 112. The predicted molar refractivity (Wildman–Crippen MR) is 324 cm³/mol. The van der Waals surface area contributed by atoms with Gasteiger partial charge in [0.2, 0.25) is 0 Å². The van der Waals surface area contributed by atoms with Gasteiger partial charge in [0.15, 0.2) is 0 Å². The fourth-order valence-corrected chi connectivity index (χ4v) is 12.7. The minimum absolute atomic E-state index is 0.537. The third-order valence-corrected chi connectivity index (χ3v) is 16.2. The average molecular weight is 979 g/mol. The third-order valence-electron chi connectivity index (χ3n) is 16.2. The summed E-state index contributed by atoms with van der Waals surface area (Å²) in [4.78, 5) is 2.45. The lowest BCUT2D eigenvalue weighted by Crippen LogP contribution is -2.28. The molecule has 13 aromatic carbocycles. The molecule has 2 nitrogen and oxygen atoms in total. The summed E-state index contributed by atoms with van der Waals surface area (Å²) in [5.41, 5.74) is 20.9. The van der Waals surface area contributed by atoms with Gasteiger partial charge in [-0.3, -0.25) is 0 Å². The van der Waals surface area contributed by atoms with E-state index in [4.69, 9.17) is 0 Å².